The molecule has 0 spiro atoms. The van der Waals surface area contributed by atoms with E-state index in [1.165, 1.54) is 295 Å². The van der Waals surface area contributed by atoms with Crippen LogP contribution in [0.2, 0.25) is 0 Å². The van der Waals surface area contributed by atoms with Gasteiger partial charge in [-0.15, -0.1) is 19.7 Å². The summed E-state index contributed by atoms with van der Waals surface area (Å²) in [5.74, 6) is 28.5. The van der Waals surface area contributed by atoms with Crippen molar-refractivity contribution in [3.63, 3.8) is 0 Å². The third-order valence-electron chi connectivity index (χ3n) is 38.1. The Kier molecular flexibility index (Phi) is 51.9. The van der Waals surface area contributed by atoms with Gasteiger partial charge in [0, 0.05) is 17.1 Å². The van der Waals surface area contributed by atoms with Crippen LogP contribution < -0.4 is 0 Å². The van der Waals surface area contributed by atoms with Crippen molar-refractivity contribution in [2.24, 2.45) is 172 Å². The molecule has 0 aromatic rings. The van der Waals surface area contributed by atoms with Crippen LogP contribution in [0.5, 0.6) is 0 Å². The molecule has 3 unspecified atom stereocenters. The summed E-state index contributed by atoms with van der Waals surface area (Å²) in [5, 5.41) is 0. The first-order chi connectivity index (χ1) is 57.6. The predicted octanol–water partition coefficient (Wildman–Crippen LogP) is 37.7. The molecule has 0 radical (unpaired) electrons. The largest absolute Gasteiger partial charge is 0.412 e. The normalized spacial score (nSPS) is 41.3. The molecule has 15 fully saturated rings. The predicted molar refractivity (Wildman–Crippen MR) is 551 cm³/mol. The van der Waals surface area contributed by atoms with Crippen LogP contribution in [0.15, 0.2) is 86.6 Å². The Labute approximate surface area is 768 Å². The Morgan fingerprint density at radius 2 is 0.413 bits per heavy atom. The summed E-state index contributed by atoms with van der Waals surface area (Å²) in [5.41, 5.74) is 0. The highest BCUT2D eigenvalue weighted by atomic mass is 19.2. The molecule has 15 rings (SSSR count). The molecule has 3 atom stereocenters. The molecule has 0 aromatic carbocycles. The van der Waals surface area contributed by atoms with Crippen LogP contribution in [0.3, 0.4) is 0 Å². The van der Waals surface area contributed by atoms with Gasteiger partial charge in [0.05, 0.1) is 0 Å². The van der Waals surface area contributed by atoms with E-state index < -0.39 is 12.3 Å². The van der Waals surface area contributed by atoms with Crippen LogP contribution >= 0.6 is 0 Å². The van der Waals surface area contributed by atoms with Gasteiger partial charge >= 0.3 is 0 Å². The highest BCUT2D eigenvalue weighted by Gasteiger charge is 2.41. The van der Waals surface area contributed by atoms with Gasteiger partial charge in [-0.2, -0.15) is 0 Å². The third-order valence-corrected chi connectivity index (χ3v) is 38.1. The van der Waals surface area contributed by atoms with E-state index >= 15 is 0 Å². The molecule has 121 heavy (non-hydrogen) atoms. The molecule has 15 aliphatic carbocycles. The molecule has 0 amide bonds. The van der Waals surface area contributed by atoms with E-state index in [1.54, 1.807) is 89.9 Å². The van der Waals surface area contributed by atoms with Gasteiger partial charge in [0.1, 0.15) is 12.3 Å². The average molecular weight is 1710 g/mol. The van der Waals surface area contributed by atoms with Crippen LogP contribution in [-0.2, 0) is 0 Å². The summed E-state index contributed by atoms with van der Waals surface area (Å²) >= 11 is 0. The minimum atomic E-state index is -1.19. The summed E-state index contributed by atoms with van der Waals surface area (Å²) in [4.78, 5) is 0. The second-order valence-corrected chi connectivity index (χ2v) is 45.7. The Morgan fingerprint density at radius 1 is 0.223 bits per heavy atom. The number of hydrogen-bond acceptors (Lipinski definition) is 0. The van der Waals surface area contributed by atoms with Crippen LogP contribution in [0.1, 0.15) is 477 Å². The number of rotatable bonds is 20. The van der Waals surface area contributed by atoms with Crippen LogP contribution in [0.25, 0.3) is 0 Å². The molecule has 0 aliphatic heterocycles. The zero-order chi connectivity index (χ0) is 83.2. The van der Waals surface area contributed by atoms with E-state index in [1.807, 2.05) is 0 Å². The molecule has 0 saturated heterocycles. The van der Waals surface area contributed by atoms with Crippen molar-refractivity contribution in [1.82, 2.24) is 0 Å². The van der Waals surface area contributed by atoms with Crippen molar-refractivity contribution in [3.8, 4) is 0 Å². The summed E-state index contributed by atoms with van der Waals surface area (Å²) in [6.07, 6.45) is 113. The molecule has 0 bridgehead atoms. The SMILES string of the molecule is C/C=C/C1CCC(C2CCC(/C=C/C)CC2)CC1.C/C=C/C1CCC(C2CCC(C)CC2)CC1.C/C=C/CCC1CCC(C2CCC(C)CC2)CC1.C=CC1CCC(C2CCC(C3CCC(C)CC3)CC2)CC1.C=CC1CCC(C2CCC(C3CCC(F)C(F)C3)CC2)CC1.C=CCCC1CCC(C2CCC(C3CCC(C)CC3)CC2)CC1.O.O.O.[HH].[HH].[HH].[HH].[HH].[HH].[HH].[HH].[HH].[HH].[HH].[HH]. The molecule has 0 aromatic heterocycles. The highest BCUT2D eigenvalue weighted by Crippen LogP contribution is 2.52. The first-order valence-corrected chi connectivity index (χ1v) is 54.2. The highest BCUT2D eigenvalue weighted by molar-refractivity contribution is 4.98. The molecule has 15 saturated carbocycles. The Hall–Kier alpha value is -2.08. The van der Waals surface area contributed by atoms with Gasteiger partial charge in [0.25, 0.3) is 0 Å². The molecular weight excluding hydrogens is 1480 g/mol. The van der Waals surface area contributed by atoms with Gasteiger partial charge in [0.15, 0.2) is 0 Å². The second kappa shape index (κ2) is 59.3. The lowest BCUT2D eigenvalue weighted by Crippen LogP contribution is -2.34. The van der Waals surface area contributed by atoms with Gasteiger partial charge in [-0.1, -0.05) is 172 Å². The lowest BCUT2D eigenvalue weighted by atomic mass is 9.65. The summed E-state index contributed by atoms with van der Waals surface area (Å²) in [6, 6.07) is 0. The van der Waals surface area contributed by atoms with Crippen molar-refractivity contribution in [1.29, 1.82) is 0 Å². The molecule has 15 aliphatic rings. The summed E-state index contributed by atoms with van der Waals surface area (Å²) in [6.45, 7) is 30.2. The molecular formula is C116H228F2O3. The average Bonchev–Trinajstić information content (AvgIpc) is 0.832. The monoisotopic (exact) mass is 1710 g/mol. The fourth-order valence-electron chi connectivity index (χ4n) is 29.5. The van der Waals surface area contributed by atoms with E-state index in [0.29, 0.717) is 24.7 Å². The Morgan fingerprint density at radius 3 is 0.620 bits per heavy atom. The van der Waals surface area contributed by atoms with Crippen molar-refractivity contribution in [2.75, 3.05) is 0 Å². The number of halogens is 2. The van der Waals surface area contributed by atoms with Crippen LogP contribution in [0, 0.1) is 172 Å². The van der Waals surface area contributed by atoms with Crippen LogP contribution in [0.4, 0.5) is 8.78 Å². The first-order valence-electron chi connectivity index (χ1n) is 54.2. The number of allylic oxidation sites excluding steroid dienone is 11. The maximum absolute atomic E-state index is 13.6. The maximum atomic E-state index is 13.6. The number of alkyl halides is 2. The van der Waals surface area contributed by atoms with E-state index in [9.17, 15) is 8.78 Å². The quantitative estimate of drug-likeness (QED) is 0.109. The lowest BCUT2D eigenvalue weighted by Gasteiger charge is -2.41. The van der Waals surface area contributed by atoms with Crippen LogP contribution in [-0.4, -0.2) is 28.8 Å². The minimum Gasteiger partial charge on any atom is -0.412 e. The molecule has 0 heterocycles. The van der Waals surface area contributed by atoms with Crippen molar-refractivity contribution in [2.45, 2.75) is 472 Å². The van der Waals surface area contributed by atoms with Crippen molar-refractivity contribution >= 4 is 0 Å². The molecule has 6 N–H and O–H groups in total. The fraction of sp³-hybridized carbons (Fsp3) is 0.879. The van der Waals surface area contributed by atoms with E-state index in [4.69, 9.17) is 0 Å². The summed E-state index contributed by atoms with van der Waals surface area (Å²) < 4.78 is 26.9. The molecule has 3 nitrogen and oxygen atoms in total. The fourth-order valence-corrected chi connectivity index (χ4v) is 29.5. The Bertz CT molecular complexity index is 2720. The summed E-state index contributed by atoms with van der Waals surface area (Å²) in [7, 11) is 0. The molecule has 724 valence electrons. The van der Waals surface area contributed by atoms with Gasteiger partial charge < -0.3 is 16.4 Å². The zero-order valence-corrected chi connectivity index (χ0v) is 81.2. The Balaban J connectivity index is -0.000000357. The van der Waals surface area contributed by atoms with E-state index in [0.717, 1.165) is 166 Å². The van der Waals surface area contributed by atoms with Gasteiger partial charge in [-0.05, 0) is 527 Å². The van der Waals surface area contributed by atoms with Crippen molar-refractivity contribution in [3.05, 3.63) is 86.6 Å². The topological polar surface area (TPSA) is 94.5 Å². The first kappa shape index (κ1) is 106. The third kappa shape index (κ3) is 36.3. The lowest BCUT2D eigenvalue weighted by molar-refractivity contribution is 0.0479. The standard InChI is InChI=1S/C23H40.C21H36.C20H32F2.C18H32.C18H30.C16H28.3H2O.12H2/c1-3-4-5-19-8-12-21(13-9-19)23-16-14-22(15-17-23)20-10-6-18(2)7-11-20;1-3-17-6-10-19(11-7-17)21-14-12-20(13-15-21)18-8-4-16(2)5-9-18;1-2-14-3-5-15(6-4-14)16-7-9-17(10-8-16)18-11-12-19(21)20(22)13-18;1-3-4-5-6-16-9-13-18(14-10-16)17-11-7-15(2)8-12-17;1-3-5-15-7-11-17(12-8-15)18-13-9-16(6-4-2)10-14-18;1-3-4-14-7-11-16(12-8-14)15-9-5-13(2)6-10-15;;;;;;;;;;;;;;;/h3,18-23H,1,4-17H2,2H3;3,16-21H,1,4-15H2,2H3;2,14-20H,1,3-13H2;3-4,15-18H,5-14H2,1-2H3;3-6,15-18H,7-14H2,1-2H3;3-4,13-16H,5-12H2,1-2H3;3*1H2;12*1H/b;;;4-3+;5-3+,6-4+;4-3+;;;;;;;;;;;;;;;. The number of hydrogen-bond donors (Lipinski definition) is 0. The zero-order valence-electron chi connectivity index (χ0n) is 81.2. The van der Waals surface area contributed by atoms with Crippen molar-refractivity contribution < 1.29 is 42.3 Å². The van der Waals surface area contributed by atoms with Gasteiger partial charge in [-0.25, -0.2) is 8.78 Å². The smallest absolute Gasteiger partial charge is 0.131 e. The minimum absolute atomic E-state index is 0. The molecule has 5 heteroatoms. The van der Waals surface area contributed by atoms with Gasteiger partial charge in [-0.3, -0.25) is 0 Å². The van der Waals surface area contributed by atoms with Gasteiger partial charge in [0.2, 0.25) is 0 Å². The maximum Gasteiger partial charge on any atom is 0.131 e. The second-order valence-electron chi connectivity index (χ2n) is 45.7. The van der Waals surface area contributed by atoms with E-state index in [2.05, 4.69) is 142 Å². The van der Waals surface area contributed by atoms with E-state index in [-0.39, 0.29) is 33.5 Å².